The summed E-state index contributed by atoms with van der Waals surface area (Å²) in [5, 5.41) is 7.34. The fourth-order valence-electron chi connectivity index (χ4n) is 2.21. The molecule has 1 aromatic carbocycles. The molecule has 0 atom stereocenters. The Bertz CT molecular complexity index is 856. The zero-order valence-electron chi connectivity index (χ0n) is 11.4. The molecule has 6 heteroatoms. The average Bonchev–Trinajstić information content (AvgIpc) is 3.05. The van der Waals surface area contributed by atoms with E-state index in [4.69, 9.17) is 5.73 Å². The van der Waals surface area contributed by atoms with Crippen molar-refractivity contribution in [2.75, 3.05) is 0 Å². The van der Waals surface area contributed by atoms with Gasteiger partial charge >= 0.3 is 0 Å². The molecule has 0 bridgehead atoms. The van der Waals surface area contributed by atoms with E-state index in [0.717, 1.165) is 11.3 Å². The summed E-state index contributed by atoms with van der Waals surface area (Å²) in [6, 6.07) is 6.58. The van der Waals surface area contributed by atoms with Crippen LogP contribution >= 0.6 is 0 Å². The Hall–Kier alpha value is -2.89. The van der Waals surface area contributed by atoms with Crippen LogP contribution in [-0.2, 0) is 0 Å². The van der Waals surface area contributed by atoms with Gasteiger partial charge in [-0.1, -0.05) is 18.7 Å². The maximum Gasteiger partial charge on any atom is 0.151 e. The van der Waals surface area contributed by atoms with Gasteiger partial charge in [0.1, 0.15) is 11.4 Å². The van der Waals surface area contributed by atoms with Crippen molar-refractivity contribution in [1.29, 1.82) is 0 Å². The van der Waals surface area contributed by atoms with Crippen LogP contribution in [0, 0.1) is 12.7 Å². The van der Waals surface area contributed by atoms with Gasteiger partial charge in [0, 0.05) is 22.8 Å². The second-order valence-corrected chi connectivity index (χ2v) is 4.69. The molecule has 2 aromatic heterocycles. The number of nitrogens with two attached hydrogens (primary N) is 1. The normalized spacial score (nSPS) is 12.0. The molecule has 0 aliphatic carbocycles. The lowest BCUT2D eigenvalue weighted by Crippen LogP contribution is -2.13. The van der Waals surface area contributed by atoms with Crippen molar-refractivity contribution in [3.05, 3.63) is 59.8 Å². The second kappa shape index (κ2) is 4.90. The predicted molar refractivity (Wildman–Crippen MR) is 81.3 cm³/mol. The van der Waals surface area contributed by atoms with Crippen molar-refractivity contribution in [2.45, 2.75) is 6.92 Å². The number of halogens is 1. The van der Waals surface area contributed by atoms with Gasteiger partial charge in [0.05, 0.1) is 11.4 Å². The summed E-state index contributed by atoms with van der Waals surface area (Å²) in [5.41, 5.74) is 8.94. The second-order valence-electron chi connectivity index (χ2n) is 4.69. The Labute approximate surface area is 120 Å². The van der Waals surface area contributed by atoms with Gasteiger partial charge in [-0.3, -0.25) is 5.10 Å². The SMILES string of the molecule is C=C(N=C(N)c1cc[nH]c1C)c1[nH]nc2c(F)cccc12. The van der Waals surface area contributed by atoms with E-state index in [-0.39, 0.29) is 11.3 Å². The van der Waals surface area contributed by atoms with Crippen LogP contribution in [0.1, 0.15) is 17.0 Å². The number of benzene rings is 1. The molecule has 0 spiro atoms. The molecule has 0 saturated carbocycles. The Morgan fingerprint density at radius 1 is 1.38 bits per heavy atom. The van der Waals surface area contributed by atoms with Gasteiger partial charge in [0.15, 0.2) is 5.82 Å². The molecule has 4 N–H and O–H groups in total. The summed E-state index contributed by atoms with van der Waals surface area (Å²) in [6.45, 7) is 5.79. The first-order valence-electron chi connectivity index (χ1n) is 6.38. The Kier molecular flexibility index (Phi) is 3.06. The van der Waals surface area contributed by atoms with E-state index < -0.39 is 0 Å². The van der Waals surface area contributed by atoms with Crippen LogP contribution in [0.15, 0.2) is 42.0 Å². The number of hydrogen-bond acceptors (Lipinski definition) is 2. The van der Waals surface area contributed by atoms with E-state index in [1.807, 2.05) is 13.0 Å². The number of aromatic nitrogens is 3. The van der Waals surface area contributed by atoms with Crippen LogP contribution in [0.25, 0.3) is 16.6 Å². The van der Waals surface area contributed by atoms with Gasteiger partial charge < -0.3 is 10.7 Å². The minimum atomic E-state index is -0.388. The van der Waals surface area contributed by atoms with E-state index in [9.17, 15) is 4.39 Å². The van der Waals surface area contributed by atoms with Crippen molar-refractivity contribution in [3.8, 4) is 0 Å². The molecule has 5 nitrogen and oxygen atoms in total. The first kappa shape index (κ1) is 13.1. The molecule has 0 fully saturated rings. The first-order valence-corrected chi connectivity index (χ1v) is 6.38. The van der Waals surface area contributed by atoms with E-state index in [1.165, 1.54) is 6.07 Å². The molecule has 2 heterocycles. The highest BCUT2D eigenvalue weighted by Gasteiger charge is 2.12. The number of nitrogens with zero attached hydrogens (tertiary/aromatic N) is 2. The summed E-state index contributed by atoms with van der Waals surface area (Å²) in [7, 11) is 0. The van der Waals surface area contributed by atoms with Crippen molar-refractivity contribution in [1.82, 2.24) is 15.2 Å². The third kappa shape index (κ3) is 2.20. The summed E-state index contributed by atoms with van der Waals surface area (Å²) >= 11 is 0. The van der Waals surface area contributed by atoms with Gasteiger partial charge in [-0.2, -0.15) is 5.10 Å². The van der Waals surface area contributed by atoms with Crippen molar-refractivity contribution in [3.63, 3.8) is 0 Å². The van der Waals surface area contributed by atoms with Gasteiger partial charge in [0.2, 0.25) is 0 Å². The lowest BCUT2D eigenvalue weighted by atomic mass is 10.1. The molecule has 0 amide bonds. The number of hydrogen-bond donors (Lipinski definition) is 3. The molecule has 3 aromatic rings. The Morgan fingerprint density at radius 2 is 2.19 bits per heavy atom. The third-order valence-electron chi connectivity index (χ3n) is 3.31. The number of aromatic amines is 2. The number of para-hydroxylation sites is 1. The molecule has 0 saturated heterocycles. The summed E-state index contributed by atoms with van der Waals surface area (Å²) in [5.74, 6) is -0.0425. The molecule has 0 aliphatic rings. The number of rotatable bonds is 3. The average molecular weight is 283 g/mol. The van der Waals surface area contributed by atoms with Crippen LogP contribution in [0.3, 0.4) is 0 Å². The molecular formula is C15H14FN5. The number of H-pyrrole nitrogens is 2. The van der Waals surface area contributed by atoms with Gasteiger partial charge in [-0.15, -0.1) is 0 Å². The minimum absolute atomic E-state index is 0.264. The number of aliphatic imine (C=N–C) groups is 1. The zero-order valence-corrected chi connectivity index (χ0v) is 11.4. The smallest absolute Gasteiger partial charge is 0.151 e. The summed E-state index contributed by atoms with van der Waals surface area (Å²) in [4.78, 5) is 7.32. The Morgan fingerprint density at radius 3 is 2.90 bits per heavy atom. The first-order chi connectivity index (χ1) is 10.1. The summed E-state index contributed by atoms with van der Waals surface area (Å²) < 4.78 is 13.6. The lowest BCUT2D eigenvalue weighted by molar-refractivity contribution is 0.636. The topological polar surface area (TPSA) is 82.8 Å². The highest BCUT2D eigenvalue weighted by Crippen LogP contribution is 2.24. The molecular weight excluding hydrogens is 269 g/mol. The van der Waals surface area contributed by atoms with Gasteiger partial charge in [-0.25, -0.2) is 9.38 Å². The molecule has 0 radical (unpaired) electrons. The van der Waals surface area contributed by atoms with Crippen molar-refractivity contribution < 1.29 is 4.39 Å². The maximum absolute atomic E-state index is 13.6. The van der Waals surface area contributed by atoms with Crippen molar-refractivity contribution in [2.24, 2.45) is 10.7 Å². The fraction of sp³-hybridized carbons (Fsp3) is 0.0667. The molecule has 106 valence electrons. The minimum Gasteiger partial charge on any atom is -0.383 e. The van der Waals surface area contributed by atoms with E-state index in [2.05, 4.69) is 26.8 Å². The van der Waals surface area contributed by atoms with Gasteiger partial charge in [0.25, 0.3) is 0 Å². The number of amidine groups is 1. The van der Waals surface area contributed by atoms with Gasteiger partial charge in [-0.05, 0) is 19.1 Å². The van der Waals surface area contributed by atoms with Crippen LogP contribution < -0.4 is 5.73 Å². The summed E-state index contributed by atoms with van der Waals surface area (Å²) in [6.07, 6.45) is 1.79. The van der Waals surface area contributed by atoms with Crippen molar-refractivity contribution >= 4 is 22.4 Å². The number of nitrogens with one attached hydrogen (secondary N) is 2. The maximum atomic E-state index is 13.6. The van der Waals surface area contributed by atoms with Crippen LogP contribution in [0.5, 0.6) is 0 Å². The zero-order chi connectivity index (χ0) is 15.0. The van der Waals surface area contributed by atoms with E-state index in [0.29, 0.717) is 22.6 Å². The van der Waals surface area contributed by atoms with E-state index >= 15 is 0 Å². The standard InChI is InChI=1S/C15H14FN5/c1-8-10(6-7-18-8)15(17)19-9(2)13-11-4-3-5-12(16)14(11)21-20-13/h3-7,18H,2H2,1H3,(H2,17,19)(H,20,21). The monoisotopic (exact) mass is 283 g/mol. The lowest BCUT2D eigenvalue weighted by Gasteiger charge is -2.02. The largest absolute Gasteiger partial charge is 0.383 e. The molecule has 3 rings (SSSR count). The molecule has 21 heavy (non-hydrogen) atoms. The number of fused-ring (bicyclic) bond motifs is 1. The fourth-order valence-corrected chi connectivity index (χ4v) is 2.21. The van der Waals surface area contributed by atoms with Crippen LogP contribution in [0.4, 0.5) is 4.39 Å². The van der Waals surface area contributed by atoms with Crippen LogP contribution in [0.2, 0.25) is 0 Å². The quantitative estimate of drug-likeness (QED) is 0.510. The highest BCUT2D eigenvalue weighted by atomic mass is 19.1. The number of aryl methyl sites for hydroxylation is 1. The van der Waals surface area contributed by atoms with Crippen LogP contribution in [-0.4, -0.2) is 21.0 Å². The van der Waals surface area contributed by atoms with E-state index in [1.54, 1.807) is 18.3 Å². The predicted octanol–water partition coefficient (Wildman–Crippen LogP) is 2.71. The highest BCUT2D eigenvalue weighted by molar-refractivity contribution is 6.02. The molecule has 0 aliphatic heterocycles. The third-order valence-corrected chi connectivity index (χ3v) is 3.31. The Balaban J connectivity index is 2.02. The molecule has 0 unspecified atom stereocenters.